The van der Waals surface area contributed by atoms with Gasteiger partial charge in [0.15, 0.2) is 0 Å². The van der Waals surface area contributed by atoms with E-state index in [0.717, 1.165) is 17.7 Å². The van der Waals surface area contributed by atoms with Gasteiger partial charge in [-0.05, 0) is 49.2 Å². The molecule has 3 rings (SSSR count). The number of benzene rings is 2. The number of amides is 2. The van der Waals surface area contributed by atoms with Crippen LogP contribution in [0.4, 0.5) is 11.4 Å². The number of nitrogens with zero attached hydrogens (tertiary/aromatic N) is 1. The highest BCUT2D eigenvalue weighted by atomic mass is 35.5. The fourth-order valence-corrected chi connectivity index (χ4v) is 3.30. The van der Waals surface area contributed by atoms with Crippen molar-refractivity contribution in [1.82, 2.24) is 0 Å². The molecular weight excluding hydrogens is 347 g/mol. The summed E-state index contributed by atoms with van der Waals surface area (Å²) in [5.74, 6) is -0.190. The molecule has 1 heterocycles. The SMILES string of the molecule is Cc1ccc(NC(=O)c2cc(Cl)cc(Cl)c2)cc1N1CCCC1=O. The van der Waals surface area contributed by atoms with E-state index in [9.17, 15) is 9.59 Å². The van der Waals surface area contributed by atoms with E-state index < -0.39 is 0 Å². The van der Waals surface area contributed by atoms with Crippen molar-refractivity contribution in [2.24, 2.45) is 0 Å². The maximum absolute atomic E-state index is 12.4. The van der Waals surface area contributed by atoms with Crippen LogP contribution < -0.4 is 10.2 Å². The van der Waals surface area contributed by atoms with Crippen LogP contribution in [0.2, 0.25) is 10.0 Å². The van der Waals surface area contributed by atoms with Crippen LogP contribution in [0.3, 0.4) is 0 Å². The molecule has 0 unspecified atom stereocenters. The second kappa shape index (κ2) is 6.83. The second-order valence-electron chi connectivity index (χ2n) is 5.76. The average Bonchev–Trinajstić information content (AvgIpc) is 2.94. The molecule has 6 heteroatoms. The van der Waals surface area contributed by atoms with Crippen LogP contribution in [0.25, 0.3) is 0 Å². The zero-order chi connectivity index (χ0) is 17.3. The molecule has 124 valence electrons. The Bertz CT molecular complexity index is 800. The van der Waals surface area contributed by atoms with Crippen LogP contribution >= 0.6 is 23.2 Å². The maximum Gasteiger partial charge on any atom is 0.255 e. The van der Waals surface area contributed by atoms with Gasteiger partial charge in [-0.1, -0.05) is 29.3 Å². The molecule has 0 bridgehead atoms. The lowest BCUT2D eigenvalue weighted by molar-refractivity contribution is -0.117. The van der Waals surface area contributed by atoms with Gasteiger partial charge >= 0.3 is 0 Å². The van der Waals surface area contributed by atoms with Gasteiger partial charge in [0.25, 0.3) is 5.91 Å². The number of rotatable bonds is 3. The van der Waals surface area contributed by atoms with E-state index >= 15 is 0 Å². The van der Waals surface area contributed by atoms with Gasteiger partial charge in [0.2, 0.25) is 5.91 Å². The van der Waals surface area contributed by atoms with Crippen LogP contribution in [0.15, 0.2) is 36.4 Å². The number of aryl methyl sites for hydroxylation is 1. The van der Waals surface area contributed by atoms with Gasteiger partial charge < -0.3 is 10.2 Å². The van der Waals surface area contributed by atoms with Crippen molar-refractivity contribution in [1.29, 1.82) is 0 Å². The minimum absolute atomic E-state index is 0.114. The Kier molecular flexibility index (Phi) is 4.78. The molecule has 2 amide bonds. The minimum Gasteiger partial charge on any atom is -0.322 e. The Morgan fingerprint density at radius 3 is 2.46 bits per heavy atom. The first kappa shape index (κ1) is 16.8. The fraction of sp³-hybridized carbons (Fsp3) is 0.222. The van der Waals surface area contributed by atoms with Gasteiger partial charge in [0.05, 0.1) is 0 Å². The third kappa shape index (κ3) is 3.55. The summed E-state index contributed by atoms with van der Waals surface area (Å²) >= 11 is 11.9. The molecule has 0 saturated carbocycles. The molecule has 0 spiro atoms. The van der Waals surface area contributed by atoms with E-state index in [1.807, 2.05) is 25.1 Å². The van der Waals surface area contributed by atoms with Gasteiger partial charge in [-0.25, -0.2) is 0 Å². The summed E-state index contributed by atoms with van der Waals surface area (Å²) in [6.07, 6.45) is 1.42. The van der Waals surface area contributed by atoms with Crippen molar-refractivity contribution < 1.29 is 9.59 Å². The van der Waals surface area contributed by atoms with Crippen molar-refractivity contribution in [3.63, 3.8) is 0 Å². The molecular formula is C18H16Cl2N2O2. The second-order valence-corrected chi connectivity index (χ2v) is 6.64. The number of carbonyl (C=O) groups is 2. The Morgan fingerprint density at radius 1 is 1.12 bits per heavy atom. The molecule has 0 radical (unpaired) electrons. The maximum atomic E-state index is 12.4. The Labute approximate surface area is 150 Å². The lowest BCUT2D eigenvalue weighted by atomic mass is 10.1. The summed E-state index contributed by atoms with van der Waals surface area (Å²) in [5.41, 5.74) is 2.83. The molecule has 1 aliphatic heterocycles. The predicted molar refractivity (Wildman–Crippen MR) is 97.2 cm³/mol. The topological polar surface area (TPSA) is 49.4 Å². The molecule has 24 heavy (non-hydrogen) atoms. The largest absolute Gasteiger partial charge is 0.322 e. The lowest BCUT2D eigenvalue weighted by Crippen LogP contribution is -2.24. The summed E-state index contributed by atoms with van der Waals surface area (Å²) in [6.45, 7) is 2.66. The third-order valence-corrected chi connectivity index (χ3v) is 4.39. The van der Waals surface area contributed by atoms with E-state index in [4.69, 9.17) is 23.2 Å². The van der Waals surface area contributed by atoms with Crippen molar-refractivity contribution in [3.8, 4) is 0 Å². The molecule has 1 saturated heterocycles. The molecule has 2 aromatic rings. The smallest absolute Gasteiger partial charge is 0.255 e. The standard InChI is InChI=1S/C18H16Cl2N2O2/c1-11-4-5-15(10-16(11)22-6-2-3-17(22)23)21-18(24)12-7-13(19)9-14(20)8-12/h4-5,7-10H,2-3,6H2,1H3,(H,21,24). The zero-order valence-electron chi connectivity index (χ0n) is 13.1. The van der Waals surface area contributed by atoms with Gasteiger partial charge in [-0.15, -0.1) is 0 Å². The number of hydrogen-bond donors (Lipinski definition) is 1. The van der Waals surface area contributed by atoms with Crippen LogP contribution in [-0.4, -0.2) is 18.4 Å². The highest BCUT2D eigenvalue weighted by Crippen LogP contribution is 2.28. The van der Waals surface area contributed by atoms with Gasteiger partial charge in [-0.2, -0.15) is 0 Å². The first-order chi connectivity index (χ1) is 11.4. The highest BCUT2D eigenvalue weighted by Gasteiger charge is 2.23. The fourth-order valence-electron chi connectivity index (χ4n) is 2.77. The predicted octanol–water partition coefficient (Wildman–Crippen LogP) is 4.68. The minimum atomic E-state index is -0.304. The number of halogens is 2. The van der Waals surface area contributed by atoms with Crippen LogP contribution in [0.1, 0.15) is 28.8 Å². The van der Waals surface area contributed by atoms with E-state index in [-0.39, 0.29) is 11.8 Å². The molecule has 0 atom stereocenters. The van der Waals surface area contributed by atoms with Crippen molar-refractivity contribution in [2.45, 2.75) is 19.8 Å². The summed E-state index contributed by atoms with van der Waals surface area (Å²) in [7, 11) is 0. The summed E-state index contributed by atoms with van der Waals surface area (Å²) < 4.78 is 0. The van der Waals surface area contributed by atoms with Gasteiger partial charge in [-0.3, -0.25) is 9.59 Å². The number of nitrogens with one attached hydrogen (secondary N) is 1. The number of anilines is 2. The number of carbonyl (C=O) groups excluding carboxylic acids is 2. The Balaban J connectivity index is 1.85. The van der Waals surface area contributed by atoms with E-state index in [2.05, 4.69) is 5.32 Å². The Morgan fingerprint density at radius 2 is 1.83 bits per heavy atom. The van der Waals surface area contributed by atoms with Crippen LogP contribution in [0, 0.1) is 6.92 Å². The molecule has 1 fully saturated rings. The highest BCUT2D eigenvalue weighted by molar-refractivity contribution is 6.35. The monoisotopic (exact) mass is 362 g/mol. The molecule has 1 N–H and O–H groups in total. The van der Waals surface area contributed by atoms with Crippen LogP contribution in [0.5, 0.6) is 0 Å². The first-order valence-corrected chi connectivity index (χ1v) is 8.38. The summed E-state index contributed by atoms with van der Waals surface area (Å²) in [6, 6.07) is 10.2. The molecule has 4 nitrogen and oxygen atoms in total. The van der Waals surface area contributed by atoms with E-state index in [1.165, 1.54) is 0 Å². The first-order valence-electron chi connectivity index (χ1n) is 7.62. The van der Waals surface area contributed by atoms with Crippen molar-refractivity contribution >= 4 is 46.4 Å². The third-order valence-electron chi connectivity index (χ3n) is 3.96. The summed E-state index contributed by atoms with van der Waals surface area (Å²) in [4.78, 5) is 26.1. The zero-order valence-corrected chi connectivity index (χ0v) is 14.6. The molecule has 0 aromatic heterocycles. The Hall–Kier alpha value is -2.04. The number of hydrogen-bond acceptors (Lipinski definition) is 2. The normalized spacial score (nSPS) is 14.1. The quantitative estimate of drug-likeness (QED) is 0.861. The van der Waals surface area contributed by atoms with Gasteiger partial charge in [0.1, 0.15) is 0 Å². The van der Waals surface area contributed by atoms with E-state index in [1.54, 1.807) is 23.1 Å². The average molecular weight is 363 g/mol. The molecule has 2 aromatic carbocycles. The molecule has 0 aliphatic carbocycles. The van der Waals surface area contributed by atoms with E-state index in [0.29, 0.717) is 34.3 Å². The summed E-state index contributed by atoms with van der Waals surface area (Å²) in [5, 5.41) is 3.63. The van der Waals surface area contributed by atoms with Crippen molar-refractivity contribution in [3.05, 3.63) is 57.6 Å². The lowest BCUT2D eigenvalue weighted by Gasteiger charge is -2.19. The van der Waals surface area contributed by atoms with Crippen LogP contribution in [-0.2, 0) is 4.79 Å². The van der Waals surface area contributed by atoms with Gasteiger partial charge in [0, 0.05) is 39.9 Å². The molecule has 1 aliphatic rings. The van der Waals surface area contributed by atoms with Crippen molar-refractivity contribution in [2.75, 3.05) is 16.8 Å².